The molecule has 0 saturated carbocycles. The highest BCUT2D eigenvalue weighted by Gasteiger charge is 2.31. The molecule has 0 fully saturated rings. The molecular formula is C27H28BrClN2O3. The first-order chi connectivity index (χ1) is 16.3. The molecule has 3 rings (SSSR count). The van der Waals surface area contributed by atoms with Crippen molar-refractivity contribution in [1.82, 2.24) is 10.2 Å². The second kappa shape index (κ2) is 12.6. The molecule has 3 aromatic rings. The molecule has 0 unspecified atom stereocenters. The van der Waals surface area contributed by atoms with Gasteiger partial charge >= 0.3 is 0 Å². The molecule has 0 aromatic heterocycles. The third kappa shape index (κ3) is 7.89. The standard InChI is InChI=1S/C27H28BrClN2O3/c1-19(2)30-27(33)25(16-20-7-4-3-5-8-20)31(17-21-9-6-10-23(29)15-21)26(32)18-34-24-13-11-22(28)12-14-24/h3-15,19,25H,16-18H2,1-2H3,(H,30,33)/t25-/m0/s1. The number of hydrogen-bond donors (Lipinski definition) is 1. The zero-order chi connectivity index (χ0) is 24.5. The number of nitrogens with zero attached hydrogens (tertiary/aromatic N) is 1. The summed E-state index contributed by atoms with van der Waals surface area (Å²) in [5.41, 5.74) is 1.80. The lowest BCUT2D eigenvalue weighted by Crippen LogP contribution is -2.52. The third-order valence-electron chi connectivity index (χ3n) is 5.12. The predicted octanol–water partition coefficient (Wildman–Crippen LogP) is 5.65. The summed E-state index contributed by atoms with van der Waals surface area (Å²) in [7, 11) is 0. The van der Waals surface area contributed by atoms with Crippen LogP contribution in [0.3, 0.4) is 0 Å². The Morgan fingerprint density at radius 2 is 1.65 bits per heavy atom. The zero-order valence-corrected chi connectivity index (χ0v) is 21.6. The molecule has 0 radical (unpaired) electrons. The van der Waals surface area contributed by atoms with Gasteiger partial charge in [-0.25, -0.2) is 0 Å². The molecular weight excluding hydrogens is 516 g/mol. The third-order valence-corrected chi connectivity index (χ3v) is 5.88. The van der Waals surface area contributed by atoms with E-state index in [1.165, 1.54) is 0 Å². The van der Waals surface area contributed by atoms with Crippen molar-refractivity contribution < 1.29 is 14.3 Å². The van der Waals surface area contributed by atoms with Crippen molar-refractivity contribution in [3.05, 3.63) is 99.5 Å². The lowest BCUT2D eigenvalue weighted by molar-refractivity contribution is -0.143. The maximum Gasteiger partial charge on any atom is 0.261 e. The molecule has 34 heavy (non-hydrogen) atoms. The van der Waals surface area contributed by atoms with Gasteiger partial charge in [-0.2, -0.15) is 0 Å². The Bertz CT molecular complexity index is 1090. The largest absolute Gasteiger partial charge is 0.484 e. The molecule has 0 heterocycles. The first-order valence-corrected chi connectivity index (χ1v) is 12.3. The van der Waals surface area contributed by atoms with Gasteiger partial charge < -0.3 is 15.0 Å². The quantitative estimate of drug-likeness (QED) is 0.360. The van der Waals surface area contributed by atoms with E-state index in [0.29, 0.717) is 17.2 Å². The van der Waals surface area contributed by atoms with Crippen LogP contribution in [0.4, 0.5) is 0 Å². The van der Waals surface area contributed by atoms with Gasteiger partial charge in [-0.05, 0) is 61.4 Å². The lowest BCUT2D eigenvalue weighted by atomic mass is 10.0. The lowest BCUT2D eigenvalue weighted by Gasteiger charge is -2.32. The van der Waals surface area contributed by atoms with E-state index in [4.69, 9.17) is 16.3 Å². The summed E-state index contributed by atoms with van der Waals surface area (Å²) in [5.74, 6) is 0.0751. The maximum absolute atomic E-state index is 13.5. The fourth-order valence-electron chi connectivity index (χ4n) is 3.53. The van der Waals surface area contributed by atoms with Crippen LogP contribution in [0.15, 0.2) is 83.3 Å². The van der Waals surface area contributed by atoms with E-state index in [2.05, 4.69) is 21.2 Å². The van der Waals surface area contributed by atoms with Crippen LogP contribution in [0.2, 0.25) is 5.02 Å². The van der Waals surface area contributed by atoms with Crippen LogP contribution in [0.5, 0.6) is 5.75 Å². The first kappa shape index (κ1) is 25.8. The smallest absolute Gasteiger partial charge is 0.261 e. The van der Waals surface area contributed by atoms with Crippen molar-refractivity contribution in [2.45, 2.75) is 38.9 Å². The van der Waals surface area contributed by atoms with Crippen LogP contribution in [0.25, 0.3) is 0 Å². The van der Waals surface area contributed by atoms with E-state index in [0.717, 1.165) is 15.6 Å². The molecule has 1 atom stereocenters. The summed E-state index contributed by atoms with van der Waals surface area (Å²) in [6.45, 7) is 3.84. The zero-order valence-electron chi connectivity index (χ0n) is 19.2. The highest BCUT2D eigenvalue weighted by molar-refractivity contribution is 9.10. The van der Waals surface area contributed by atoms with Crippen LogP contribution >= 0.6 is 27.5 Å². The molecule has 2 amide bonds. The Labute approximate surface area is 214 Å². The molecule has 1 N–H and O–H groups in total. The van der Waals surface area contributed by atoms with Gasteiger partial charge in [0, 0.05) is 28.5 Å². The minimum Gasteiger partial charge on any atom is -0.484 e. The molecule has 5 nitrogen and oxygen atoms in total. The number of carbonyl (C=O) groups is 2. The van der Waals surface area contributed by atoms with E-state index >= 15 is 0 Å². The number of halogens is 2. The van der Waals surface area contributed by atoms with Crippen molar-refractivity contribution in [2.24, 2.45) is 0 Å². The second-order valence-electron chi connectivity index (χ2n) is 8.26. The second-order valence-corrected chi connectivity index (χ2v) is 9.62. The molecule has 0 saturated heterocycles. The van der Waals surface area contributed by atoms with Crippen LogP contribution in [-0.2, 0) is 22.6 Å². The number of ether oxygens (including phenoxy) is 1. The number of hydrogen-bond acceptors (Lipinski definition) is 3. The SMILES string of the molecule is CC(C)NC(=O)[C@H](Cc1ccccc1)N(Cc1cccc(Cl)c1)C(=O)COc1ccc(Br)cc1. The summed E-state index contributed by atoms with van der Waals surface area (Å²) in [4.78, 5) is 28.3. The summed E-state index contributed by atoms with van der Waals surface area (Å²) < 4.78 is 6.68. The molecule has 0 aliphatic carbocycles. The minimum absolute atomic E-state index is 0.0621. The fourth-order valence-corrected chi connectivity index (χ4v) is 4.00. The topological polar surface area (TPSA) is 58.6 Å². The Kier molecular flexibility index (Phi) is 9.54. The van der Waals surface area contributed by atoms with Gasteiger partial charge in [0.25, 0.3) is 5.91 Å². The van der Waals surface area contributed by atoms with E-state index in [9.17, 15) is 9.59 Å². The van der Waals surface area contributed by atoms with Crippen LogP contribution < -0.4 is 10.1 Å². The molecule has 0 aliphatic rings. The van der Waals surface area contributed by atoms with Crippen molar-refractivity contribution >= 4 is 39.3 Å². The Balaban J connectivity index is 1.90. The van der Waals surface area contributed by atoms with E-state index < -0.39 is 6.04 Å². The predicted molar refractivity (Wildman–Crippen MR) is 139 cm³/mol. The van der Waals surface area contributed by atoms with Gasteiger partial charge in [-0.15, -0.1) is 0 Å². The average Bonchev–Trinajstić information content (AvgIpc) is 2.81. The van der Waals surface area contributed by atoms with Crippen LogP contribution in [0.1, 0.15) is 25.0 Å². The Hall–Kier alpha value is -2.83. The summed E-state index contributed by atoms with van der Waals surface area (Å²) in [6, 6.07) is 23.5. The van der Waals surface area contributed by atoms with Crippen LogP contribution in [-0.4, -0.2) is 35.4 Å². The summed E-state index contributed by atoms with van der Waals surface area (Å²) in [6.07, 6.45) is 0.379. The molecule has 178 valence electrons. The fraction of sp³-hybridized carbons (Fsp3) is 0.259. The molecule has 3 aromatic carbocycles. The number of carbonyl (C=O) groups excluding carboxylic acids is 2. The minimum atomic E-state index is -0.718. The van der Waals surface area contributed by atoms with Gasteiger partial charge in [-0.1, -0.05) is 70.0 Å². The molecule has 0 bridgehead atoms. The Morgan fingerprint density at radius 3 is 2.29 bits per heavy atom. The van der Waals surface area contributed by atoms with Crippen LogP contribution in [0, 0.1) is 0 Å². The van der Waals surface area contributed by atoms with Crippen molar-refractivity contribution in [1.29, 1.82) is 0 Å². The molecule has 7 heteroatoms. The van der Waals surface area contributed by atoms with Gasteiger partial charge in [0.15, 0.2) is 6.61 Å². The van der Waals surface area contributed by atoms with Gasteiger partial charge in [0.05, 0.1) is 0 Å². The number of amides is 2. The van der Waals surface area contributed by atoms with Crippen molar-refractivity contribution in [2.75, 3.05) is 6.61 Å². The summed E-state index contributed by atoms with van der Waals surface area (Å²) in [5, 5.41) is 3.54. The van der Waals surface area contributed by atoms with Gasteiger partial charge in [-0.3, -0.25) is 9.59 Å². The normalized spacial score (nSPS) is 11.7. The van der Waals surface area contributed by atoms with E-state index in [-0.39, 0.29) is 31.0 Å². The highest BCUT2D eigenvalue weighted by atomic mass is 79.9. The highest BCUT2D eigenvalue weighted by Crippen LogP contribution is 2.19. The Morgan fingerprint density at radius 1 is 0.971 bits per heavy atom. The summed E-state index contributed by atoms with van der Waals surface area (Å²) >= 11 is 9.58. The maximum atomic E-state index is 13.5. The number of rotatable bonds is 10. The van der Waals surface area contributed by atoms with Crippen molar-refractivity contribution in [3.63, 3.8) is 0 Å². The van der Waals surface area contributed by atoms with E-state index in [1.54, 1.807) is 29.2 Å². The average molecular weight is 544 g/mol. The number of benzene rings is 3. The first-order valence-electron chi connectivity index (χ1n) is 11.1. The molecule has 0 spiro atoms. The van der Waals surface area contributed by atoms with E-state index in [1.807, 2.05) is 68.4 Å². The van der Waals surface area contributed by atoms with Gasteiger partial charge in [0.1, 0.15) is 11.8 Å². The monoisotopic (exact) mass is 542 g/mol. The van der Waals surface area contributed by atoms with Gasteiger partial charge in [0.2, 0.25) is 5.91 Å². The molecule has 0 aliphatic heterocycles. The van der Waals surface area contributed by atoms with Crippen molar-refractivity contribution in [3.8, 4) is 5.75 Å². The number of nitrogens with one attached hydrogen (secondary N) is 1.